The van der Waals surface area contributed by atoms with Gasteiger partial charge in [0.15, 0.2) is 11.5 Å². The van der Waals surface area contributed by atoms with Crippen LogP contribution in [0.5, 0.6) is 11.5 Å². The van der Waals surface area contributed by atoms with Crippen LogP contribution in [0, 0.1) is 18.3 Å². The fourth-order valence-corrected chi connectivity index (χ4v) is 3.56. The lowest BCUT2D eigenvalue weighted by atomic mass is 10.1. The van der Waals surface area contributed by atoms with E-state index in [1.165, 1.54) is 25.0 Å². The minimum absolute atomic E-state index is 0.0132. The molecule has 2 N–H and O–H groups in total. The van der Waals surface area contributed by atoms with Crippen LogP contribution in [0.25, 0.3) is 0 Å². The first-order valence-corrected chi connectivity index (χ1v) is 10.2. The summed E-state index contributed by atoms with van der Waals surface area (Å²) in [6, 6.07) is 5.14. The Morgan fingerprint density at radius 1 is 1.44 bits per heavy atom. The molecule has 1 aromatic heterocycles. The van der Waals surface area contributed by atoms with E-state index in [2.05, 4.69) is 33.0 Å². The number of aromatic nitrogens is 1. The van der Waals surface area contributed by atoms with E-state index in [1.807, 2.05) is 6.07 Å². The van der Waals surface area contributed by atoms with Crippen LogP contribution < -0.4 is 15.7 Å². The molecule has 0 bridgehead atoms. The smallest absolute Gasteiger partial charge is 0.269 e. The van der Waals surface area contributed by atoms with Crippen molar-refractivity contribution < 1.29 is 19.4 Å². The third-order valence-corrected chi connectivity index (χ3v) is 5.67. The van der Waals surface area contributed by atoms with Gasteiger partial charge in [0, 0.05) is 28.4 Å². The Morgan fingerprint density at radius 2 is 2.16 bits per heavy atom. The molecule has 0 fully saturated rings. The fourth-order valence-electron chi connectivity index (χ4n) is 3.04. The van der Waals surface area contributed by atoms with E-state index in [1.54, 1.807) is 25.1 Å². The van der Waals surface area contributed by atoms with E-state index in [-0.39, 0.29) is 30.2 Å². The Kier molecular flexibility index (Phi) is 8.75. The van der Waals surface area contributed by atoms with E-state index in [9.17, 15) is 20.0 Å². The van der Waals surface area contributed by atoms with Crippen LogP contribution in [-0.4, -0.2) is 36.0 Å². The molecule has 10 heteroatoms. The molecule has 0 saturated heterocycles. The maximum absolute atomic E-state index is 12.7. The van der Waals surface area contributed by atoms with Gasteiger partial charge in [-0.3, -0.25) is 9.59 Å². The number of carbonyl (C=O) groups excluding carboxylic acids is 1. The molecule has 168 valence electrons. The highest BCUT2D eigenvalue weighted by atomic mass is 79.9. The molecule has 0 spiro atoms. The quantitative estimate of drug-likeness (QED) is 0.308. The molecule has 1 amide bonds. The number of rotatable bonds is 9. The first-order valence-electron chi connectivity index (χ1n) is 9.42. The summed E-state index contributed by atoms with van der Waals surface area (Å²) in [5.74, 6) is -0.276. The van der Waals surface area contributed by atoms with Crippen LogP contribution in [0.2, 0.25) is 0 Å². The molecule has 1 aromatic carbocycles. The van der Waals surface area contributed by atoms with Gasteiger partial charge in [-0.2, -0.15) is 10.4 Å². The number of amides is 1. The molecule has 0 aliphatic heterocycles. The number of hydrogen-bond acceptors (Lipinski definition) is 7. The van der Waals surface area contributed by atoms with Gasteiger partial charge < -0.3 is 19.1 Å². The lowest BCUT2D eigenvalue weighted by Crippen LogP contribution is -2.33. The Morgan fingerprint density at radius 3 is 2.75 bits per heavy atom. The van der Waals surface area contributed by atoms with Gasteiger partial charge in [-0.05, 0) is 47.0 Å². The number of nitrogens with one attached hydrogen (secondary N) is 1. The maximum Gasteiger partial charge on any atom is 0.269 e. The molecule has 0 unspecified atom stereocenters. The number of carbonyl (C=O) groups is 1. The molecule has 32 heavy (non-hydrogen) atoms. The Hall–Kier alpha value is -3.42. The summed E-state index contributed by atoms with van der Waals surface area (Å²) in [5, 5.41) is 23.4. The molecule has 2 aromatic rings. The SMILES string of the molecule is C=CCc1cc(/C=N\NC(=O)Cn2c(C)c(Br)c(COC)c(C#N)c2=O)cc(OC)c1O. The predicted molar refractivity (Wildman–Crippen MR) is 123 cm³/mol. The molecule has 0 aliphatic rings. The van der Waals surface area contributed by atoms with Crippen LogP contribution in [0.3, 0.4) is 0 Å². The highest BCUT2D eigenvalue weighted by Crippen LogP contribution is 2.31. The number of benzene rings is 1. The van der Waals surface area contributed by atoms with Gasteiger partial charge in [-0.15, -0.1) is 6.58 Å². The van der Waals surface area contributed by atoms with Crippen molar-refractivity contribution in [1.29, 1.82) is 5.26 Å². The third kappa shape index (κ3) is 5.43. The maximum atomic E-state index is 12.7. The molecule has 0 aliphatic carbocycles. The van der Waals surface area contributed by atoms with Gasteiger partial charge in [0.05, 0.1) is 19.9 Å². The second kappa shape index (κ2) is 11.3. The summed E-state index contributed by atoms with van der Waals surface area (Å²) in [4.78, 5) is 25.1. The highest BCUT2D eigenvalue weighted by molar-refractivity contribution is 9.10. The van der Waals surface area contributed by atoms with Crippen molar-refractivity contribution in [1.82, 2.24) is 9.99 Å². The first-order chi connectivity index (χ1) is 15.3. The van der Waals surface area contributed by atoms with Crippen molar-refractivity contribution in [2.75, 3.05) is 14.2 Å². The molecule has 0 saturated carbocycles. The average molecular weight is 503 g/mol. The van der Waals surface area contributed by atoms with Crippen LogP contribution >= 0.6 is 15.9 Å². The van der Waals surface area contributed by atoms with E-state index in [4.69, 9.17) is 9.47 Å². The summed E-state index contributed by atoms with van der Waals surface area (Å²) in [5.41, 5.74) is 3.78. The van der Waals surface area contributed by atoms with Gasteiger partial charge in [-0.1, -0.05) is 6.08 Å². The number of hydrogen-bond donors (Lipinski definition) is 2. The number of pyridine rings is 1. The third-order valence-electron chi connectivity index (χ3n) is 4.61. The molecular formula is C22H23BrN4O5. The van der Waals surface area contributed by atoms with Crippen molar-refractivity contribution in [2.45, 2.75) is 26.5 Å². The standard InChI is InChI=1S/C22H23BrN4O5/c1-5-6-15-7-14(8-18(32-4)21(15)29)10-25-26-19(28)11-27-13(2)20(23)17(12-31-3)16(9-24)22(27)30/h5,7-8,10,29H,1,6,11-12H2,2-4H3,(H,26,28)/b25-10-. The number of halogens is 1. The Balaban J connectivity index is 2.24. The summed E-state index contributed by atoms with van der Waals surface area (Å²) in [7, 11) is 2.89. The number of nitrogens with zero attached hydrogens (tertiary/aromatic N) is 3. The van der Waals surface area contributed by atoms with Gasteiger partial charge in [0.2, 0.25) is 0 Å². The van der Waals surface area contributed by atoms with E-state index in [0.29, 0.717) is 33.3 Å². The summed E-state index contributed by atoms with van der Waals surface area (Å²) >= 11 is 3.38. The zero-order chi connectivity index (χ0) is 23.8. The van der Waals surface area contributed by atoms with Crippen molar-refractivity contribution >= 4 is 28.1 Å². The van der Waals surface area contributed by atoms with Crippen molar-refractivity contribution in [3.63, 3.8) is 0 Å². The topological polar surface area (TPSA) is 126 Å². The number of aromatic hydroxyl groups is 1. The normalized spacial score (nSPS) is 10.7. The van der Waals surface area contributed by atoms with Crippen LogP contribution in [-0.2, 0) is 29.1 Å². The number of methoxy groups -OCH3 is 2. The zero-order valence-electron chi connectivity index (χ0n) is 17.9. The zero-order valence-corrected chi connectivity index (χ0v) is 19.5. The number of nitriles is 1. The summed E-state index contributed by atoms with van der Waals surface area (Å²) < 4.78 is 11.9. The lowest BCUT2D eigenvalue weighted by molar-refractivity contribution is -0.121. The second-order valence-electron chi connectivity index (χ2n) is 6.71. The second-order valence-corrected chi connectivity index (χ2v) is 7.50. The van der Waals surface area contributed by atoms with Crippen molar-refractivity contribution in [2.24, 2.45) is 5.10 Å². The van der Waals surface area contributed by atoms with Crippen LogP contribution in [0.15, 0.2) is 39.2 Å². The number of allylic oxidation sites excluding steroid dienone is 1. The van der Waals surface area contributed by atoms with E-state index < -0.39 is 11.5 Å². The summed E-state index contributed by atoms with van der Waals surface area (Å²) in [6.07, 6.45) is 3.46. The Labute approximate surface area is 193 Å². The van der Waals surface area contributed by atoms with Crippen LogP contribution in [0.4, 0.5) is 0 Å². The van der Waals surface area contributed by atoms with E-state index >= 15 is 0 Å². The monoisotopic (exact) mass is 502 g/mol. The minimum atomic E-state index is -0.586. The highest BCUT2D eigenvalue weighted by Gasteiger charge is 2.19. The van der Waals surface area contributed by atoms with Gasteiger partial charge in [0.1, 0.15) is 18.2 Å². The molecule has 1 heterocycles. The largest absolute Gasteiger partial charge is 0.504 e. The molecule has 9 nitrogen and oxygen atoms in total. The van der Waals surface area contributed by atoms with Gasteiger partial charge in [-0.25, -0.2) is 5.43 Å². The fraction of sp³-hybridized carbons (Fsp3) is 0.273. The average Bonchev–Trinajstić information content (AvgIpc) is 2.77. The van der Waals surface area contributed by atoms with Crippen molar-refractivity contribution in [3.8, 4) is 17.6 Å². The number of phenols is 1. The summed E-state index contributed by atoms with van der Waals surface area (Å²) in [6.45, 7) is 5.07. The number of ether oxygens (including phenoxy) is 2. The van der Waals surface area contributed by atoms with Gasteiger partial charge in [0.25, 0.3) is 11.5 Å². The molecule has 0 radical (unpaired) electrons. The minimum Gasteiger partial charge on any atom is -0.504 e. The van der Waals surface area contributed by atoms with E-state index in [0.717, 1.165) is 0 Å². The Bertz CT molecular complexity index is 1160. The van der Waals surface area contributed by atoms with Gasteiger partial charge >= 0.3 is 0 Å². The lowest BCUT2D eigenvalue weighted by Gasteiger charge is -2.15. The van der Waals surface area contributed by atoms with Crippen molar-refractivity contribution in [3.05, 3.63) is 67.6 Å². The van der Waals surface area contributed by atoms with Crippen LogP contribution in [0.1, 0.15) is 27.9 Å². The molecule has 2 rings (SSSR count). The molecule has 0 atom stereocenters. The first kappa shape index (κ1) is 24.8. The number of hydrazone groups is 1. The molecular weight excluding hydrogens is 480 g/mol. The predicted octanol–water partition coefficient (Wildman–Crippen LogP) is 2.53. The number of phenolic OH excluding ortho intramolecular Hbond substituents is 1.